The normalized spacial score (nSPS) is 10.5. The summed E-state index contributed by atoms with van der Waals surface area (Å²) in [6.07, 6.45) is 0.889. The lowest BCUT2D eigenvalue weighted by Crippen LogP contribution is -2.32. The second kappa shape index (κ2) is 8.18. The van der Waals surface area contributed by atoms with E-state index in [4.69, 9.17) is 5.11 Å². The highest BCUT2D eigenvalue weighted by Gasteiger charge is 2.16. The molecule has 0 aliphatic heterocycles. The number of carboxylic acids is 1. The molecule has 0 spiro atoms. The van der Waals surface area contributed by atoms with Crippen molar-refractivity contribution < 1.29 is 19.1 Å². The molecule has 1 heterocycles. The van der Waals surface area contributed by atoms with E-state index in [0.29, 0.717) is 18.5 Å². The third-order valence-corrected chi connectivity index (χ3v) is 3.51. The van der Waals surface area contributed by atoms with Gasteiger partial charge in [-0.1, -0.05) is 12.1 Å². The lowest BCUT2D eigenvalue weighted by molar-refractivity contribution is -0.137. The molecule has 0 saturated carbocycles. The molecular weight excluding hydrogens is 329 g/mol. The zero-order valence-electron chi connectivity index (χ0n) is 13.7. The summed E-state index contributed by atoms with van der Waals surface area (Å²) in [5.41, 5.74) is -0.371. The first-order valence-electron chi connectivity index (χ1n) is 7.76. The number of hydrogen-bond acceptors (Lipinski definition) is 4. The number of nitrogens with one attached hydrogen (secondary N) is 1. The van der Waals surface area contributed by atoms with Crippen LogP contribution < -0.4 is 10.7 Å². The number of carbonyl (C=O) groups excluding carboxylic acids is 1. The molecule has 0 unspecified atom stereocenters. The maximum absolute atomic E-state index is 14.0. The van der Waals surface area contributed by atoms with Crippen molar-refractivity contribution in [2.75, 3.05) is 6.54 Å². The second-order valence-electron chi connectivity index (χ2n) is 5.47. The number of rotatable bonds is 7. The number of hydrogen-bond donors (Lipinski definition) is 2. The highest BCUT2D eigenvalue weighted by atomic mass is 19.1. The molecule has 2 aromatic rings. The number of nitrogens with zero attached hydrogens (tertiary/aromatic N) is 2. The first-order valence-corrected chi connectivity index (χ1v) is 7.76. The molecule has 0 aliphatic rings. The van der Waals surface area contributed by atoms with Crippen LogP contribution in [0.1, 0.15) is 35.4 Å². The van der Waals surface area contributed by atoms with Crippen LogP contribution in [0, 0.1) is 12.7 Å². The zero-order valence-corrected chi connectivity index (χ0v) is 13.7. The van der Waals surface area contributed by atoms with Crippen molar-refractivity contribution in [2.45, 2.75) is 26.2 Å². The van der Waals surface area contributed by atoms with Crippen LogP contribution in [-0.4, -0.2) is 33.3 Å². The van der Waals surface area contributed by atoms with Crippen LogP contribution in [0.15, 0.2) is 35.1 Å². The molecule has 0 aliphatic carbocycles. The molecule has 1 amide bonds. The smallest absolute Gasteiger partial charge is 0.303 e. The third kappa shape index (κ3) is 4.72. The van der Waals surface area contributed by atoms with E-state index < -0.39 is 23.1 Å². The Kier molecular flexibility index (Phi) is 5.99. The summed E-state index contributed by atoms with van der Waals surface area (Å²) in [5, 5.41) is 15.1. The quantitative estimate of drug-likeness (QED) is 0.742. The molecule has 132 valence electrons. The van der Waals surface area contributed by atoms with Crippen LogP contribution in [0.3, 0.4) is 0 Å². The first kappa shape index (κ1) is 18.3. The van der Waals surface area contributed by atoms with E-state index in [9.17, 15) is 18.8 Å². The van der Waals surface area contributed by atoms with Crippen molar-refractivity contribution in [2.24, 2.45) is 0 Å². The number of amides is 1. The molecule has 0 radical (unpaired) electrons. The highest BCUT2D eigenvalue weighted by Crippen LogP contribution is 2.13. The Morgan fingerprint density at radius 1 is 1.28 bits per heavy atom. The summed E-state index contributed by atoms with van der Waals surface area (Å²) >= 11 is 0. The van der Waals surface area contributed by atoms with Gasteiger partial charge in [-0.3, -0.25) is 14.4 Å². The summed E-state index contributed by atoms with van der Waals surface area (Å²) in [5.74, 6) is -2.11. The lowest BCUT2D eigenvalue weighted by Gasteiger charge is -2.12. The molecule has 0 atom stereocenters. The molecule has 8 heteroatoms. The maximum Gasteiger partial charge on any atom is 0.303 e. The SMILES string of the molecule is Cc1cc(=O)c(C(=O)NCCCCC(=O)O)nn1-c1ccccc1F. The highest BCUT2D eigenvalue weighted by molar-refractivity contribution is 5.92. The first-order chi connectivity index (χ1) is 11.9. The average Bonchev–Trinajstić information content (AvgIpc) is 2.55. The Balaban J connectivity index is 2.17. The fourth-order valence-corrected chi connectivity index (χ4v) is 2.26. The number of benzene rings is 1. The molecule has 0 bridgehead atoms. The monoisotopic (exact) mass is 347 g/mol. The van der Waals surface area contributed by atoms with Crippen molar-refractivity contribution >= 4 is 11.9 Å². The molecule has 0 fully saturated rings. The minimum Gasteiger partial charge on any atom is -0.481 e. The van der Waals surface area contributed by atoms with Gasteiger partial charge in [-0.25, -0.2) is 9.07 Å². The van der Waals surface area contributed by atoms with E-state index in [1.54, 1.807) is 13.0 Å². The molecule has 7 nitrogen and oxygen atoms in total. The van der Waals surface area contributed by atoms with Gasteiger partial charge in [0.05, 0.1) is 0 Å². The van der Waals surface area contributed by atoms with Crippen LogP contribution in [0.5, 0.6) is 0 Å². The number of halogens is 1. The Bertz CT molecular complexity index is 848. The van der Waals surface area contributed by atoms with E-state index in [-0.39, 0.29) is 24.3 Å². The number of para-hydroxylation sites is 1. The largest absolute Gasteiger partial charge is 0.481 e. The van der Waals surface area contributed by atoms with Gasteiger partial charge in [0.1, 0.15) is 11.5 Å². The standard InChI is InChI=1S/C17H18FN3O4/c1-11-10-14(22)16(17(25)19-9-5-4-8-15(23)24)20-21(11)13-7-3-2-6-12(13)18/h2-3,6-7,10H,4-5,8-9H2,1H3,(H,19,25)(H,23,24). The second-order valence-corrected chi connectivity index (χ2v) is 5.47. The van der Waals surface area contributed by atoms with E-state index in [2.05, 4.69) is 10.4 Å². The van der Waals surface area contributed by atoms with E-state index in [1.165, 1.54) is 28.9 Å². The van der Waals surface area contributed by atoms with E-state index >= 15 is 0 Å². The average molecular weight is 347 g/mol. The summed E-state index contributed by atoms with van der Waals surface area (Å²) in [6.45, 7) is 1.81. The van der Waals surface area contributed by atoms with Crippen molar-refractivity contribution in [1.29, 1.82) is 0 Å². The molecule has 1 aromatic heterocycles. The topological polar surface area (TPSA) is 101 Å². The lowest BCUT2D eigenvalue weighted by atomic mass is 10.2. The van der Waals surface area contributed by atoms with Crippen molar-refractivity contribution in [3.63, 3.8) is 0 Å². The maximum atomic E-state index is 14.0. The Labute approximate surface area is 143 Å². The number of aromatic nitrogens is 2. The Morgan fingerprint density at radius 2 is 2.00 bits per heavy atom. The number of aliphatic carboxylic acids is 1. The molecule has 2 N–H and O–H groups in total. The van der Waals surface area contributed by atoms with Crippen LogP contribution in [0.2, 0.25) is 0 Å². The Hall–Kier alpha value is -3.03. The summed E-state index contributed by atoms with van der Waals surface area (Å²) in [6, 6.07) is 7.13. The van der Waals surface area contributed by atoms with Gasteiger partial charge in [0.25, 0.3) is 5.91 Å². The number of aryl methyl sites for hydroxylation is 1. The van der Waals surface area contributed by atoms with E-state index in [1.807, 2.05) is 0 Å². The van der Waals surface area contributed by atoms with Crippen LogP contribution >= 0.6 is 0 Å². The van der Waals surface area contributed by atoms with Crippen molar-refractivity contribution in [3.8, 4) is 5.69 Å². The predicted octanol–water partition coefficient (Wildman–Crippen LogP) is 1.66. The fraction of sp³-hybridized carbons (Fsp3) is 0.294. The molecular formula is C17H18FN3O4. The summed E-state index contributed by atoms with van der Waals surface area (Å²) in [4.78, 5) is 34.6. The minimum atomic E-state index is -0.903. The van der Waals surface area contributed by atoms with Gasteiger partial charge in [-0.05, 0) is 31.9 Å². The molecule has 0 saturated heterocycles. The molecule has 25 heavy (non-hydrogen) atoms. The van der Waals surface area contributed by atoms with Crippen molar-refractivity contribution in [1.82, 2.24) is 15.1 Å². The number of carbonyl (C=O) groups is 2. The van der Waals surface area contributed by atoms with Gasteiger partial charge in [0.2, 0.25) is 5.43 Å². The minimum absolute atomic E-state index is 0.0126. The zero-order chi connectivity index (χ0) is 18.4. The molecule has 2 rings (SSSR count). The fourth-order valence-electron chi connectivity index (χ4n) is 2.26. The van der Waals surface area contributed by atoms with Gasteiger partial charge in [-0.2, -0.15) is 5.10 Å². The van der Waals surface area contributed by atoms with Crippen LogP contribution in [0.4, 0.5) is 4.39 Å². The number of carboxylic acid groups (broad SMARTS) is 1. The third-order valence-electron chi connectivity index (χ3n) is 3.51. The van der Waals surface area contributed by atoms with Gasteiger partial charge < -0.3 is 10.4 Å². The molecule has 1 aromatic carbocycles. The van der Waals surface area contributed by atoms with Gasteiger partial charge in [-0.15, -0.1) is 0 Å². The van der Waals surface area contributed by atoms with Gasteiger partial charge >= 0.3 is 5.97 Å². The van der Waals surface area contributed by atoms with Crippen molar-refractivity contribution in [3.05, 3.63) is 57.8 Å². The van der Waals surface area contributed by atoms with E-state index in [0.717, 1.165) is 0 Å². The predicted molar refractivity (Wildman–Crippen MR) is 88.3 cm³/mol. The van der Waals surface area contributed by atoms with Gasteiger partial charge in [0, 0.05) is 24.7 Å². The van der Waals surface area contributed by atoms with Crippen LogP contribution in [-0.2, 0) is 4.79 Å². The Morgan fingerprint density at radius 3 is 2.68 bits per heavy atom. The summed E-state index contributed by atoms with van der Waals surface area (Å²) < 4.78 is 15.2. The number of unbranched alkanes of at least 4 members (excludes halogenated alkanes) is 1. The van der Waals surface area contributed by atoms with Crippen LogP contribution in [0.25, 0.3) is 5.69 Å². The van der Waals surface area contributed by atoms with Gasteiger partial charge in [0.15, 0.2) is 5.69 Å². The summed E-state index contributed by atoms with van der Waals surface area (Å²) in [7, 11) is 0.